The molecule has 0 saturated heterocycles. The molecule has 0 aliphatic carbocycles. The van der Waals surface area contributed by atoms with E-state index in [1.54, 1.807) is 0 Å². The van der Waals surface area contributed by atoms with Gasteiger partial charge in [-0.15, -0.1) is 0 Å². The molecule has 18 heavy (non-hydrogen) atoms. The third-order valence-corrected chi connectivity index (χ3v) is 3.77. The van der Waals surface area contributed by atoms with E-state index in [1.165, 1.54) is 24.3 Å². The molecule has 0 heterocycles. The van der Waals surface area contributed by atoms with E-state index in [0.717, 1.165) is 0 Å². The van der Waals surface area contributed by atoms with E-state index in [9.17, 15) is 26.3 Å². The van der Waals surface area contributed by atoms with E-state index >= 15 is 0 Å². The molecule has 0 nitrogen and oxygen atoms in total. The Balaban J connectivity index is 3.11. The quantitative estimate of drug-likeness (QED) is 0.447. The first kappa shape index (κ1) is 15.8. The highest BCUT2D eigenvalue weighted by Gasteiger charge is 2.59. The number of benzene rings is 1. The van der Waals surface area contributed by atoms with Gasteiger partial charge in [0, 0.05) is 4.47 Å². The number of alkyl halides is 7. The van der Waals surface area contributed by atoms with Gasteiger partial charge in [0.2, 0.25) is 0 Å². The Morgan fingerprint density at radius 2 is 1.22 bits per heavy atom. The molecule has 0 fully saturated rings. The van der Waals surface area contributed by atoms with Gasteiger partial charge in [0.05, 0.1) is 4.83 Å². The van der Waals surface area contributed by atoms with Gasteiger partial charge in [-0.05, 0) is 17.7 Å². The molecule has 1 aromatic rings. The first-order valence-electron chi connectivity index (χ1n) is 4.56. The summed E-state index contributed by atoms with van der Waals surface area (Å²) in [5.74, 6) is -3.44. The minimum absolute atomic E-state index is 0.0853. The van der Waals surface area contributed by atoms with E-state index in [0.29, 0.717) is 4.47 Å². The fourth-order valence-electron chi connectivity index (χ4n) is 1.36. The first-order valence-corrected chi connectivity index (χ1v) is 6.27. The number of rotatable bonds is 2. The van der Waals surface area contributed by atoms with Crippen LogP contribution in [0.4, 0.5) is 26.3 Å². The molecular formula is C10H6Br2F6. The lowest BCUT2D eigenvalue weighted by molar-refractivity contribution is -0.283. The first-order chi connectivity index (χ1) is 8.03. The van der Waals surface area contributed by atoms with Crippen LogP contribution in [0.3, 0.4) is 0 Å². The maximum absolute atomic E-state index is 12.5. The van der Waals surface area contributed by atoms with Gasteiger partial charge in [0.15, 0.2) is 5.92 Å². The standard InChI is InChI=1S/C10H6Br2F6/c11-6-3-1-5(2-4-6)7(12)8(9(13,14)15)10(16,17)18/h1-4,7-8H. The lowest BCUT2D eigenvalue weighted by Crippen LogP contribution is -2.39. The zero-order valence-corrected chi connectivity index (χ0v) is 11.7. The normalized spacial score (nSPS) is 14.9. The number of hydrogen-bond donors (Lipinski definition) is 0. The third kappa shape index (κ3) is 3.88. The van der Waals surface area contributed by atoms with Crippen LogP contribution in [0.5, 0.6) is 0 Å². The molecular weight excluding hydrogens is 394 g/mol. The van der Waals surface area contributed by atoms with Gasteiger partial charge in [-0.3, -0.25) is 0 Å². The molecule has 0 saturated carbocycles. The van der Waals surface area contributed by atoms with Gasteiger partial charge < -0.3 is 0 Å². The summed E-state index contributed by atoms with van der Waals surface area (Å²) in [6.45, 7) is 0. The molecule has 0 N–H and O–H groups in total. The van der Waals surface area contributed by atoms with E-state index in [-0.39, 0.29) is 5.56 Å². The summed E-state index contributed by atoms with van der Waals surface area (Å²) in [5, 5.41) is 0. The smallest absolute Gasteiger partial charge is 0.170 e. The SMILES string of the molecule is FC(F)(F)C(C(Br)c1ccc(Br)cc1)C(F)(F)F. The zero-order chi connectivity index (χ0) is 14.1. The van der Waals surface area contributed by atoms with Crippen LogP contribution in [0, 0.1) is 5.92 Å². The van der Waals surface area contributed by atoms with Crippen LogP contribution in [0.2, 0.25) is 0 Å². The zero-order valence-electron chi connectivity index (χ0n) is 8.49. The van der Waals surface area contributed by atoms with Crippen molar-refractivity contribution in [3.05, 3.63) is 34.3 Å². The molecule has 0 aromatic heterocycles. The van der Waals surface area contributed by atoms with Gasteiger partial charge in [-0.25, -0.2) is 0 Å². The Hall–Kier alpha value is -0.240. The average molecular weight is 400 g/mol. The van der Waals surface area contributed by atoms with Gasteiger partial charge in [0.1, 0.15) is 0 Å². The largest absolute Gasteiger partial charge is 0.401 e. The highest BCUT2D eigenvalue weighted by atomic mass is 79.9. The molecule has 0 radical (unpaired) electrons. The minimum atomic E-state index is -5.36. The predicted octanol–water partition coefficient (Wildman–Crippen LogP) is 5.63. The van der Waals surface area contributed by atoms with Crippen molar-refractivity contribution < 1.29 is 26.3 Å². The van der Waals surface area contributed by atoms with E-state index in [2.05, 4.69) is 31.9 Å². The fraction of sp³-hybridized carbons (Fsp3) is 0.400. The Morgan fingerprint density at radius 1 is 0.833 bits per heavy atom. The molecule has 1 unspecified atom stereocenters. The van der Waals surface area contributed by atoms with Crippen molar-refractivity contribution in [3.8, 4) is 0 Å². The van der Waals surface area contributed by atoms with Crippen molar-refractivity contribution in [2.75, 3.05) is 0 Å². The fourth-order valence-corrected chi connectivity index (χ4v) is 2.53. The molecule has 1 aromatic carbocycles. The molecule has 1 rings (SSSR count). The maximum Gasteiger partial charge on any atom is 0.401 e. The Morgan fingerprint density at radius 3 is 1.56 bits per heavy atom. The lowest BCUT2D eigenvalue weighted by atomic mass is 9.98. The lowest BCUT2D eigenvalue weighted by Gasteiger charge is -2.27. The summed E-state index contributed by atoms with van der Waals surface area (Å²) >= 11 is 5.54. The van der Waals surface area contributed by atoms with E-state index < -0.39 is 23.1 Å². The van der Waals surface area contributed by atoms with Crippen LogP contribution < -0.4 is 0 Å². The molecule has 1 atom stereocenters. The van der Waals surface area contributed by atoms with Crippen molar-refractivity contribution in [2.45, 2.75) is 17.2 Å². The summed E-state index contributed by atoms with van der Waals surface area (Å²) in [5.41, 5.74) is -0.0853. The van der Waals surface area contributed by atoms with Crippen molar-refractivity contribution in [1.29, 1.82) is 0 Å². The van der Waals surface area contributed by atoms with E-state index in [1.807, 2.05) is 0 Å². The molecule has 0 aliphatic rings. The van der Waals surface area contributed by atoms with Gasteiger partial charge in [-0.2, -0.15) is 26.3 Å². The summed E-state index contributed by atoms with van der Waals surface area (Å²) in [6, 6.07) is 5.17. The highest BCUT2D eigenvalue weighted by molar-refractivity contribution is 9.10. The van der Waals surface area contributed by atoms with Crippen molar-refractivity contribution in [1.82, 2.24) is 0 Å². The summed E-state index contributed by atoms with van der Waals surface area (Å²) in [4.78, 5) is -1.87. The van der Waals surface area contributed by atoms with Crippen LogP contribution in [0.25, 0.3) is 0 Å². The maximum atomic E-state index is 12.5. The molecule has 8 heteroatoms. The van der Waals surface area contributed by atoms with Crippen molar-refractivity contribution in [3.63, 3.8) is 0 Å². The summed E-state index contributed by atoms with van der Waals surface area (Å²) < 4.78 is 75.4. The van der Waals surface area contributed by atoms with Crippen LogP contribution >= 0.6 is 31.9 Å². The van der Waals surface area contributed by atoms with E-state index in [4.69, 9.17) is 0 Å². The predicted molar refractivity (Wildman–Crippen MR) is 61.4 cm³/mol. The number of halogens is 8. The Kier molecular flexibility index (Phi) is 4.75. The third-order valence-electron chi connectivity index (χ3n) is 2.19. The van der Waals surface area contributed by atoms with Gasteiger partial charge >= 0.3 is 12.4 Å². The second kappa shape index (κ2) is 5.40. The number of hydrogen-bond acceptors (Lipinski definition) is 0. The second-order valence-electron chi connectivity index (χ2n) is 3.51. The topological polar surface area (TPSA) is 0 Å². The molecule has 102 valence electrons. The average Bonchev–Trinajstić information content (AvgIpc) is 2.13. The van der Waals surface area contributed by atoms with Gasteiger partial charge in [0.25, 0.3) is 0 Å². The van der Waals surface area contributed by atoms with Crippen molar-refractivity contribution in [2.24, 2.45) is 5.92 Å². The monoisotopic (exact) mass is 398 g/mol. The Labute approximate surface area is 116 Å². The molecule has 0 amide bonds. The summed E-state index contributed by atoms with van der Waals surface area (Å²) in [6.07, 6.45) is -10.7. The van der Waals surface area contributed by atoms with Crippen LogP contribution in [-0.4, -0.2) is 12.4 Å². The Bertz CT molecular complexity index is 380. The molecule has 0 bridgehead atoms. The highest BCUT2D eigenvalue weighted by Crippen LogP contribution is 2.50. The van der Waals surface area contributed by atoms with Gasteiger partial charge in [-0.1, -0.05) is 44.0 Å². The summed E-state index contributed by atoms with van der Waals surface area (Å²) in [7, 11) is 0. The van der Waals surface area contributed by atoms with Crippen LogP contribution in [-0.2, 0) is 0 Å². The molecule has 0 spiro atoms. The van der Waals surface area contributed by atoms with Crippen molar-refractivity contribution >= 4 is 31.9 Å². The minimum Gasteiger partial charge on any atom is -0.170 e. The second-order valence-corrected chi connectivity index (χ2v) is 5.42. The van der Waals surface area contributed by atoms with Crippen LogP contribution in [0.1, 0.15) is 10.4 Å². The molecule has 0 aliphatic heterocycles. The van der Waals surface area contributed by atoms with Crippen LogP contribution in [0.15, 0.2) is 28.7 Å².